The monoisotopic (exact) mass is 633 g/mol. The van der Waals surface area contributed by atoms with Gasteiger partial charge in [0.25, 0.3) is 11.5 Å². The number of aromatic nitrogens is 3. The van der Waals surface area contributed by atoms with E-state index >= 15 is 0 Å². The van der Waals surface area contributed by atoms with Crippen LogP contribution in [-0.2, 0) is 30.0 Å². The predicted octanol–water partition coefficient (Wildman–Crippen LogP) is 3.76. The van der Waals surface area contributed by atoms with Gasteiger partial charge in [-0.2, -0.15) is 13.2 Å². The number of rotatable bonds is 8. The van der Waals surface area contributed by atoms with E-state index in [2.05, 4.69) is 10.3 Å². The summed E-state index contributed by atoms with van der Waals surface area (Å²) in [6, 6.07) is 3.89. The summed E-state index contributed by atoms with van der Waals surface area (Å²) in [5, 5.41) is 4.64. The van der Waals surface area contributed by atoms with Crippen molar-refractivity contribution in [2.75, 3.05) is 12.4 Å². The zero-order valence-corrected chi connectivity index (χ0v) is 24.7. The van der Waals surface area contributed by atoms with Gasteiger partial charge in [0.05, 0.1) is 18.2 Å². The van der Waals surface area contributed by atoms with Crippen LogP contribution in [0.4, 0.5) is 27.6 Å². The molecule has 0 spiro atoms. The van der Waals surface area contributed by atoms with Crippen molar-refractivity contribution in [2.24, 2.45) is 14.1 Å². The van der Waals surface area contributed by atoms with Crippen LogP contribution in [0.3, 0.4) is 0 Å². The lowest BCUT2D eigenvalue weighted by Gasteiger charge is -2.20. The van der Waals surface area contributed by atoms with Gasteiger partial charge < -0.3 is 19.9 Å². The molecule has 2 aromatic heterocycles. The Morgan fingerprint density at radius 3 is 2.29 bits per heavy atom. The average molecular weight is 634 g/mol. The van der Waals surface area contributed by atoms with Crippen molar-refractivity contribution in [3.63, 3.8) is 0 Å². The molecule has 0 aliphatic rings. The molecule has 0 aliphatic carbocycles. The fourth-order valence-corrected chi connectivity index (χ4v) is 4.86. The molecule has 4 rings (SSSR count). The molecule has 2 N–H and O–H groups in total. The van der Waals surface area contributed by atoms with Gasteiger partial charge in [0.15, 0.2) is 0 Å². The molecule has 238 valence electrons. The molecule has 0 radical (unpaired) electrons. The normalized spacial score (nSPS) is 12.9. The van der Waals surface area contributed by atoms with E-state index in [0.29, 0.717) is 39.9 Å². The second kappa shape index (κ2) is 12.5. The Kier molecular flexibility index (Phi) is 9.12. The topological polar surface area (TPSA) is 124 Å². The number of hydrogen-bond acceptors (Lipinski definition) is 7. The van der Waals surface area contributed by atoms with Crippen LogP contribution < -0.4 is 21.9 Å². The molecule has 2 aromatic carbocycles. The first-order valence-electron chi connectivity index (χ1n) is 13.4. The molecule has 1 amide bonds. The number of carbonyl (C=O) groups is 2. The van der Waals surface area contributed by atoms with Crippen molar-refractivity contribution >= 4 is 28.5 Å². The molecule has 0 saturated heterocycles. The van der Waals surface area contributed by atoms with Gasteiger partial charge in [-0.25, -0.2) is 18.4 Å². The number of nitrogens with one attached hydrogen (secondary N) is 2. The first-order chi connectivity index (χ1) is 21.1. The summed E-state index contributed by atoms with van der Waals surface area (Å²) in [7, 11) is 3.92. The highest BCUT2D eigenvalue weighted by Crippen LogP contribution is 2.30. The van der Waals surface area contributed by atoms with E-state index in [-0.39, 0.29) is 12.0 Å². The van der Waals surface area contributed by atoms with Gasteiger partial charge in [0, 0.05) is 49.0 Å². The zero-order chi connectivity index (χ0) is 33.4. The number of pyridine rings is 1. The van der Waals surface area contributed by atoms with Crippen LogP contribution in [0.1, 0.15) is 28.5 Å². The minimum atomic E-state index is -4.69. The molecule has 0 bridgehead atoms. The maximum Gasteiger partial charge on any atom is 0.408 e. The van der Waals surface area contributed by atoms with Crippen LogP contribution in [0.25, 0.3) is 22.0 Å². The quantitative estimate of drug-likeness (QED) is 0.224. The summed E-state index contributed by atoms with van der Waals surface area (Å²) in [6.07, 6.45) is -3.45. The average Bonchev–Trinajstić information content (AvgIpc) is 2.98. The van der Waals surface area contributed by atoms with Crippen molar-refractivity contribution in [3.8, 4) is 11.1 Å². The summed E-state index contributed by atoms with van der Waals surface area (Å²) in [6.45, 7) is 2.37. The van der Waals surface area contributed by atoms with E-state index in [4.69, 9.17) is 4.74 Å². The van der Waals surface area contributed by atoms with Crippen LogP contribution in [0, 0.1) is 18.6 Å². The molecule has 4 aromatic rings. The van der Waals surface area contributed by atoms with Gasteiger partial charge in [-0.3, -0.25) is 19.1 Å². The summed E-state index contributed by atoms with van der Waals surface area (Å²) < 4.78 is 75.4. The van der Waals surface area contributed by atoms with Gasteiger partial charge in [-0.15, -0.1) is 0 Å². The standard InChI is InChI=1S/C30H28F5N5O5/c1-14-23(27(42)40(4)29(44)39(14)3)19-9-8-16(18-7-6-10-36-25(18)19)11-22(28(43)45-5)38-26(41)24-20(31)12-17(13-21(24)32)37-15(2)30(33,34)35/h6-10,12-13,15,22,37H,11H2,1-5H3,(H,38,41)/t15-,22+/m1/s1. The van der Waals surface area contributed by atoms with Crippen molar-refractivity contribution in [3.05, 3.63) is 91.9 Å². The third-order valence-corrected chi connectivity index (χ3v) is 7.44. The van der Waals surface area contributed by atoms with Crippen molar-refractivity contribution in [1.29, 1.82) is 0 Å². The molecule has 2 heterocycles. The lowest BCUT2D eigenvalue weighted by molar-refractivity contribution is -0.143. The number of halogens is 5. The van der Waals surface area contributed by atoms with Gasteiger partial charge >= 0.3 is 17.8 Å². The Morgan fingerprint density at radius 2 is 1.69 bits per heavy atom. The molecular formula is C30H28F5N5O5. The minimum absolute atomic E-state index is 0.223. The van der Waals surface area contributed by atoms with E-state index in [1.54, 1.807) is 31.2 Å². The van der Waals surface area contributed by atoms with Crippen molar-refractivity contribution < 1.29 is 36.3 Å². The van der Waals surface area contributed by atoms with E-state index in [0.717, 1.165) is 18.6 Å². The number of alkyl halides is 3. The van der Waals surface area contributed by atoms with Crippen LogP contribution in [0.2, 0.25) is 0 Å². The fourth-order valence-electron chi connectivity index (χ4n) is 4.86. The highest BCUT2D eigenvalue weighted by atomic mass is 19.4. The first kappa shape index (κ1) is 32.8. The number of amides is 1. The molecule has 0 fully saturated rings. The smallest absolute Gasteiger partial charge is 0.408 e. The Hall–Kier alpha value is -5.08. The largest absolute Gasteiger partial charge is 0.467 e. The van der Waals surface area contributed by atoms with E-state index < -0.39 is 64.3 Å². The number of methoxy groups -OCH3 is 1. The molecule has 10 nitrogen and oxygen atoms in total. The van der Waals surface area contributed by atoms with E-state index in [1.165, 1.54) is 24.9 Å². The molecule has 0 unspecified atom stereocenters. The van der Waals surface area contributed by atoms with Gasteiger partial charge in [0.1, 0.15) is 29.3 Å². The van der Waals surface area contributed by atoms with Crippen LogP contribution in [0.15, 0.2) is 52.2 Å². The van der Waals surface area contributed by atoms with Crippen LogP contribution in [0.5, 0.6) is 0 Å². The Morgan fingerprint density at radius 1 is 1.04 bits per heavy atom. The van der Waals surface area contributed by atoms with Gasteiger partial charge in [-0.05, 0) is 37.6 Å². The number of esters is 1. The lowest BCUT2D eigenvalue weighted by Crippen LogP contribution is -2.43. The zero-order valence-electron chi connectivity index (χ0n) is 24.7. The number of fused-ring (bicyclic) bond motifs is 1. The predicted molar refractivity (Wildman–Crippen MR) is 155 cm³/mol. The number of carbonyl (C=O) groups excluding carboxylic acids is 2. The van der Waals surface area contributed by atoms with Crippen LogP contribution >= 0.6 is 0 Å². The lowest BCUT2D eigenvalue weighted by atomic mass is 9.95. The number of ether oxygens (including phenoxy) is 1. The SMILES string of the molecule is COC(=O)[C@H](Cc1ccc(-c2c(C)n(C)c(=O)n(C)c2=O)c2ncccc12)NC(=O)c1c(F)cc(N[C@H](C)C(F)(F)F)cc1F. The minimum Gasteiger partial charge on any atom is -0.467 e. The van der Waals surface area contributed by atoms with Crippen molar-refractivity contribution in [2.45, 2.75) is 38.5 Å². The molecule has 0 aliphatic heterocycles. The number of benzene rings is 2. The third kappa shape index (κ3) is 6.42. The Labute approximate surface area is 252 Å². The molecular weight excluding hydrogens is 605 g/mol. The highest BCUT2D eigenvalue weighted by molar-refractivity contribution is 5.99. The molecule has 2 atom stereocenters. The number of nitrogens with zero attached hydrogens (tertiary/aromatic N) is 3. The number of anilines is 1. The molecule has 15 heteroatoms. The maximum atomic E-state index is 14.8. The Balaban J connectivity index is 1.71. The Bertz CT molecular complexity index is 1910. The van der Waals surface area contributed by atoms with E-state index in [1.807, 2.05) is 5.32 Å². The second-order valence-electron chi connectivity index (χ2n) is 10.3. The third-order valence-electron chi connectivity index (χ3n) is 7.44. The maximum absolute atomic E-state index is 14.8. The fraction of sp³-hybridized carbons (Fsp3) is 0.300. The van der Waals surface area contributed by atoms with Crippen molar-refractivity contribution in [1.82, 2.24) is 19.4 Å². The first-order valence-corrected chi connectivity index (χ1v) is 13.4. The molecule has 45 heavy (non-hydrogen) atoms. The van der Waals surface area contributed by atoms with Crippen LogP contribution in [-0.4, -0.2) is 51.4 Å². The number of hydrogen-bond donors (Lipinski definition) is 2. The van der Waals surface area contributed by atoms with Gasteiger partial charge in [-0.1, -0.05) is 18.2 Å². The summed E-state index contributed by atoms with van der Waals surface area (Å²) in [5.41, 5.74) is -0.915. The summed E-state index contributed by atoms with van der Waals surface area (Å²) >= 11 is 0. The second-order valence-corrected chi connectivity index (χ2v) is 10.3. The highest BCUT2D eigenvalue weighted by Gasteiger charge is 2.36. The molecule has 0 saturated carbocycles. The summed E-state index contributed by atoms with van der Waals surface area (Å²) in [5.74, 6) is -5.22. The van der Waals surface area contributed by atoms with Gasteiger partial charge in [0.2, 0.25) is 0 Å². The van der Waals surface area contributed by atoms with E-state index in [9.17, 15) is 41.1 Å². The summed E-state index contributed by atoms with van der Waals surface area (Å²) in [4.78, 5) is 55.6.